The molecular formula is C20H19F4N3O3. The maximum atomic E-state index is 13.9. The molecule has 1 fully saturated rings. The van der Waals surface area contributed by atoms with E-state index < -0.39 is 36.3 Å². The van der Waals surface area contributed by atoms with Crippen molar-refractivity contribution >= 4 is 11.8 Å². The molecule has 2 heterocycles. The second-order valence-electron chi connectivity index (χ2n) is 6.68. The highest BCUT2D eigenvalue weighted by molar-refractivity contribution is 5.97. The van der Waals surface area contributed by atoms with Gasteiger partial charge in [0.15, 0.2) is 6.61 Å². The zero-order valence-corrected chi connectivity index (χ0v) is 15.9. The predicted octanol–water partition coefficient (Wildman–Crippen LogP) is 3.15. The van der Waals surface area contributed by atoms with Gasteiger partial charge < -0.3 is 14.5 Å². The Balaban J connectivity index is 1.69. The summed E-state index contributed by atoms with van der Waals surface area (Å²) >= 11 is 0. The molecule has 0 bridgehead atoms. The molecule has 1 aliphatic heterocycles. The Morgan fingerprint density at radius 3 is 2.17 bits per heavy atom. The smallest absolute Gasteiger partial charge is 0.422 e. The SMILES string of the molecule is O=C(c1ccccc1F)N1CCCN(C(=O)c2cccnc2OCC(F)(F)F)CC1. The number of halogens is 4. The number of rotatable bonds is 4. The van der Waals surface area contributed by atoms with E-state index in [-0.39, 0.29) is 30.8 Å². The third kappa shape index (κ3) is 5.25. The lowest BCUT2D eigenvalue weighted by Crippen LogP contribution is -2.37. The number of nitrogens with zero attached hydrogens (tertiary/aromatic N) is 3. The fourth-order valence-corrected chi connectivity index (χ4v) is 3.12. The molecule has 10 heteroatoms. The second-order valence-corrected chi connectivity index (χ2v) is 6.68. The van der Waals surface area contributed by atoms with Crippen LogP contribution in [-0.4, -0.2) is 65.6 Å². The fourth-order valence-electron chi connectivity index (χ4n) is 3.12. The molecule has 0 spiro atoms. The van der Waals surface area contributed by atoms with Gasteiger partial charge in [0.2, 0.25) is 5.88 Å². The summed E-state index contributed by atoms with van der Waals surface area (Å²) in [5, 5.41) is 0. The second kappa shape index (κ2) is 9.10. The molecule has 3 rings (SSSR count). The Kier molecular flexibility index (Phi) is 6.53. The number of pyridine rings is 1. The van der Waals surface area contributed by atoms with Gasteiger partial charge in [0.05, 0.1) is 5.56 Å². The largest absolute Gasteiger partial charge is 0.467 e. The summed E-state index contributed by atoms with van der Waals surface area (Å²) in [4.78, 5) is 32.1. The zero-order chi connectivity index (χ0) is 21.7. The van der Waals surface area contributed by atoms with Crippen molar-refractivity contribution in [2.45, 2.75) is 12.6 Å². The van der Waals surface area contributed by atoms with Crippen LogP contribution in [0.5, 0.6) is 5.88 Å². The molecule has 6 nitrogen and oxygen atoms in total. The van der Waals surface area contributed by atoms with Crippen LogP contribution >= 0.6 is 0 Å². The number of hydrogen-bond acceptors (Lipinski definition) is 4. The molecule has 0 radical (unpaired) electrons. The van der Waals surface area contributed by atoms with E-state index in [1.807, 2.05) is 0 Å². The summed E-state index contributed by atoms with van der Waals surface area (Å²) in [5.41, 5.74) is -0.136. The van der Waals surface area contributed by atoms with Crippen LogP contribution in [-0.2, 0) is 0 Å². The molecule has 0 unspecified atom stereocenters. The van der Waals surface area contributed by atoms with E-state index in [4.69, 9.17) is 0 Å². The highest BCUT2D eigenvalue weighted by Gasteiger charge is 2.31. The van der Waals surface area contributed by atoms with Gasteiger partial charge in [-0.25, -0.2) is 9.37 Å². The van der Waals surface area contributed by atoms with Crippen LogP contribution in [0.15, 0.2) is 42.6 Å². The number of hydrogen-bond donors (Lipinski definition) is 0. The maximum absolute atomic E-state index is 13.9. The van der Waals surface area contributed by atoms with Crippen molar-refractivity contribution in [1.82, 2.24) is 14.8 Å². The van der Waals surface area contributed by atoms with Crippen LogP contribution in [0.2, 0.25) is 0 Å². The first-order chi connectivity index (χ1) is 14.3. The van der Waals surface area contributed by atoms with E-state index in [0.29, 0.717) is 13.0 Å². The molecule has 0 aliphatic carbocycles. The fraction of sp³-hybridized carbons (Fsp3) is 0.350. The average molecular weight is 425 g/mol. The Hall–Kier alpha value is -3.17. The lowest BCUT2D eigenvalue weighted by atomic mass is 10.2. The van der Waals surface area contributed by atoms with E-state index in [1.165, 1.54) is 46.3 Å². The standard InChI is InChI=1S/C20H19F4N3O3/c21-16-7-2-1-5-14(16)18(28)26-9-4-10-27(12-11-26)19(29)15-6-3-8-25-17(15)30-13-20(22,23)24/h1-3,5-8H,4,9-13H2. The number of carbonyl (C=O) groups is 2. The van der Waals surface area contributed by atoms with Crippen molar-refractivity contribution in [2.75, 3.05) is 32.8 Å². The van der Waals surface area contributed by atoms with Gasteiger partial charge in [0.1, 0.15) is 11.4 Å². The van der Waals surface area contributed by atoms with Crippen molar-refractivity contribution in [1.29, 1.82) is 0 Å². The maximum Gasteiger partial charge on any atom is 0.422 e. The minimum Gasteiger partial charge on any atom is -0.467 e. The van der Waals surface area contributed by atoms with Crippen molar-refractivity contribution in [3.63, 3.8) is 0 Å². The van der Waals surface area contributed by atoms with Gasteiger partial charge in [0, 0.05) is 32.4 Å². The van der Waals surface area contributed by atoms with Gasteiger partial charge >= 0.3 is 6.18 Å². The lowest BCUT2D eigenvalue weighted by molar-refractivity contribution is -0.154. The Morgan fingerprint density at radius 1 is 0.933 bits per heavy atom. The molecule has 160 valence electrons. The van der Waals surface area contributed by atoms with Crippen LogP contribution in [0.3, 0.4) is 0 Å². The number of aromatic nitrogens is 1. The molecule has 1 aliphatic rings. The first-order valence-electron chi connectivity index (χ1n) is 9.24. The number of benzene rings is 1. The van der Waals surface area contributed by atoms with Crippen molar-refractivity contribution in [3.05, 3.63) is 59.5 Å². The highest BCUT2D eigenvalue weighted by Crippen LogP contribution is 2.22. The van der Waals surface area contributed by atoms with Crippen LogP contribution in [0.1, 0.15) is 27.1 Å². The normalized spacial score (nSPS) is 14.9. The highest BCUT2D eigenvalue weighted by atomic mass is 19.4. The monoisotopic (exact) mass is 425 g/mol. The van der Waals surface area contributed by atoms with Gasteiger partial charge in [-0.3, -0.25) is 9.59 Å². The van der Waals surface area contributed by atoms with E-state index in [0.717, 1.165) is 0 Å². The van der Waals surface area contributed by atoms with E-state index in [1.54, 1.807) is 6.07 Å². The van der Waals surface area contributed by atoms with Crippen LogP contribution in [0.4, 0.5) is 17.6 Å². The number of ether oxygens (including phenoxy) is 1. The molecule has 0 N–H and O–H groups in total. The summed E-state index contributed by atoms with van der Waals surface area (Å²) in [5.74, 6) is -2.04. The summed E-state index contributed by atoms with van der Waals surface area (Å²) in [6, 6.07) is 8.42. The Morgan fingerprint density at radius 2 is 1.53 bits per heavy atom. The zero-order valence-electron chi connectivity index (χ0n) is 15.9. The minimum absolute atomic E-state index is 0.0487. The number of alkyl halides is 3. The van der Waals surface area contributed by atoms with Crippen molar-refractivity contribution in [3.8, 4) is 5.88 Å². The van der Waals surface area contributed by atoms with Crippen LogP contribution < -0.4 is 4.74 Å². The van der Waals surface area contributed by atoms with E-state index >= 15 is 0 Å². The third-order valence-corrected chi connectivity index (χ3v) is 4.55. The van der Waals surface area contributed by atoms with Gasteiger partial charge in [-0.2, -0.15) is 13.2 Å². The molecule has 1 saturated heterocycles. The van der Waals surface area contributed by atoms with E-state index in [9.17, 15) is 27.2 Å². The van der Waals surface area contributed by atoms with Crippen LogP contribution in [0, 0.1) is 5.82 Å². The minimum atomic E-state index is -4.56. The molecule has 0 atom stereocenters. The van der Waals surface area contributed by atoms with Gasteiger partial charge in [-0.05, 0) is 30.7 Å². The van der Waals surface area contributed by atoms with Crippen molar-refractivity contribution in [2.24, 2.45) is 0 Å². The first-order valence-corrected chi connectivity index (χ1v) is 9.24. The molecule has 30 heavy (non-hydrogen) atoms. The van der Waals surface area contributed by atoms with Gasteiger partial charge in [-0.15, -0.1) is 0 Å². The Bertz CT molecular complexity index is 920. The molecule has 1 aromatic heterocycles. The molecule has 2 aromatic rings. The molecule has 1 aromatic carbocycles. The van der Waals surface area contributed by atoms with Crippen molar-refractivity contribution < 1.29 is 31.9 Å². The van der Waals surface area contributed by atoms with Gasteiger partial charge in [-0.1, -0.05) is 12.1 Å². The molecule has 0 saturated carbocycles. The molecular weight excluding hydrogens is 406 g/mol. The van der Waals surface area contributed by atoms with E-state index in [2.05, 4.69) is 9.72 Å². The predicted molar refractivity (Wildman–Crippen MR) is 98.6 cm³/mol. The first kappa shape index (κ1) is 21.5. The summed E-state index contributed by atoms with van der Waals surface area (Å²) in [6.07, 6.45) is -2.89. The van der Waals surface area contributed by atoms with Gasteiger partial charge in [0.25, 0.3) is 11.8 Å². The summed E-state index contributed by atoms with van der Waals surface area (Å²) in [7, 11) is 0. The van der Waals surface area contributed by atoms with Crippen LogP contribution in [0.25, 0.3) is 0 Å². The third-order valence-electron chi connectivity index (χ3n) is 4.55. The summed E-state index contributed by atoms with van der Waals surface area (Å²) in [6.45, 7) is -0.644. The number of carbonyl (C=O) groups excluding carboxylic acids is 2. The average Bonchev–Trinajstić information content (AvgIpc) is 2.97. The number of amides is 2. The lowest BCUT2D eigenvalue weighted by Gasteiger charge is -2.23. The topological polar surface area (TPSA) is 62.7 Å². The quantitative estimate of drug-likeness (QED) is 0.707. The summed E-state index contributed by atoms with van der Waals surface area (Å²) < 4.78 is 56.0. The molecule has 2 amide bonds. The Labute approximate surface area is 170 Å².